The van der Waals surface area contributed by atoms with E-state index >= 15 is 0 Å². The minimum Gasteiger partial charge on any atom is -0.335 e. The van der Waals surface area contributed by atoms with E-state index in [9.17, 15) is 9.59 Å². The lowest BCUT2D eigenvalue weighted by Crippen LogP contribution is -2.46. The molecule has 2 aliphatic heterocycles. The zero-order valence-electron chi connectivity index (χ0n) is 12.4. The van der Waals surface area contributed by atoms with Gasteiger partial charge in [-0.3, -0.25) is 9.59 Å². The van der Waals surface area contributed by atoms with E-state index in [0.29, 0.717) is 6.54 Å². The molecule has 2 aliphatic rings. The number of pyridine rings is 1. The van der Waals surface area contributed by atoms with Gasteiger partial charge in [0.25, 0.3) is 5.56 Å². The normalized spacial score (nSPS) is 21.1. The molecule has 1 aromatic heterocycles. The van der Waals surface area contributed by atoms with Gasteiger partial charge in [0.2, 0.25) is 5.91 Å². The van der Waals surface area contributed by atoms with Crippen molar-refractivity contribution in [3.63, 3.8) is 0 Å². The predicted octanol–water partition coefficient (Wildman–Crippen LogP) is 1.16. The highest BCUT2D eigenvalue weighted by molar-refractivity contribution is 5.87. The summed E-state index contributed by atoms with van der Waals surface area (Å²) in [4.78, 5) is 29.6. The molecule has 3 heterocycles. The molecule has 0 spiro atoms. The number of H-pyrrole nitrogens is 1. The van der Waals surface area contributed by atoms with Crippen LogP contribution < -0.4 is 10.9 Å². The summed E-state index contributed by atoms with van der Waals surface area (Å²) >= 11 is 0. The van der Waals surface area contributed by atoms with Crippen LogP contribution in [0.25, 0.3) is 10.8 Å². The van der Waals surface area contributed by atoms with Crippen LogP contribution in [0.5, 0.6) is 0 Å². The topological polar surface area (TPSA) is 65.2 Å². The Kier molecular flexibility index (Phi) is 3.22. The Bertz CT molecular complexity index is 790. The Balaban J connectivity index is 1.69. The van der Waals surface area contributed by atoms with Crippen LogP contribution in [0.4, 0.5) is 0 Å². The minimum atomic E-state index is -0.0670. The van der Waals surface area contributed by atoms with Crippen molar-refractivity contribution in [2.45, 2.75) is 31.8 Å². The van der Waals surface area contributed by atoms with E-state index in [1.54, 1.807) is 0 Å². The third-order valence-electron chi connectivity index (χ3n) is 4.78. The van der Waals surface area contributed by atoms with Gasteiger partial charge in [0.1, 0.15) is 0 Å². The van der Waals surface area contributed by atoms with Crippen LogP contribution >= 0.6 is 0 Å². The van der Waals surface area contributed by atoms with E-state index in [1.165, 1.54) is 5.56 Å². The average Bonchev–Trinajstić information content (AvgIpc) is 3.08. The number of carbonyl (C=O) groups excluding carboxylic acids is 1. The van der Waals surface area contributed by atoms with Crippen molar-refractivity contribution in [1.82, 2.24) is 15.2 Å². The van der Waals surface area contributed by atoms with E-state index in [0.717, 1.165) is 48.8 Å². The Morgan fingerprint density at radius 3 is 2.82 bits per heavy atom. The van der Waals surface area contributed by atoms with E-state index < -0.39 is 0 Å². The van der Waals surface area contributed by atoms with Crippen LogP contribution in [-0.4, -0.2) is 34.9 Å². The molecule has 0 aliphatic carbocycles. The fourth-order valence-corrected chi connectivity index (χ4v) is 3.63. The van der Waals surface area contributed by atoms with Crippen molar-refractivity contribution in [2.24, 2.45) is 0 Å². The number of fused-ring (bicyclic) bond motifs is 3. The van der Waals surface area contributed by atoms with Crippen LogP contribution in [0.1, 0.15) is 24.1 Å². The molecule has 1 aromatic carbocycles. The number of hydrogen-bond acceptors (Lipinski definition) is 3. The molecule has 114 valence electrons. The van der Waals surface area contributed by atoms with Crippen LogP contribution in [0, 0.1) is 0 Å². The van der Waals surface area contributed by atoms with E-state index in [1.807, 2.05) is 29.2 Å². The molecule has 1 saturated heterocycles. The van der Waals surface area contributed by atoms with E-state index in [4.69, 9.17) is 0 Å². The monoisotopic (exact) mass is 297 g/mol. The van der Waals surface area contributed by atoms with Crippen molar-refractivity contribution in [2.75, 3.05) is 13.1 Å². The van der Waals surface area contributed by atoms with Crippen molar-refractivity contribution < 1.29 is 4.79 Å². The third kappa shape index (κ3) is 2.13. The lowest BCUT2D eigenvalue weighted by Gasteiger charge is -2.31. The van der Waals surface area contributed by atoms with Crippen LogP contribution in [0.15, 0.2) is 29.1 Å². The molecule has 1 amide bonds. The second-order valence-corrected chi connectivity index (χ2v) is 6.12. The number of carbonyl (C=O) groups is 1. The maximum absolute atomic E-state index is 12.5. The first-order valence-electron chi connectivity index (χ1n) is 7.89. The summed E-state index contributed by atoms with van der Waals surface area (Å²) in [7, 11) is 0. The van der Waals surface area contributed by atoms with Crippen molar-refractivity contribution >= 4 is 16.7 Å². The number of amides is 1. The Morgan fingerprint density at radius 1 is 1.23 bits per heavy atom. The largest absolute Gasteiger partial charge is 0.335 e. The highest BCUT2D eigenvalue weighted by Gasteiger charge is 2.30. The van der Waals surface area contributed by atoms with Crippen LogP contribution in [-0.2, 0) is 17.8 Å². The highest BCUT2D eigenvalue weighted by Crippen LogP contribution is 2.24. The van der Waals surface area contributed by atoms with Crippen molar-refractivity contribution in [1.29, 1.82) is 0 Å². The molecule has 0 unspecified atom stereocenters. The summed E-state index contributed by atoms with van der Waals surface area (Å²) in [6.07, 6.45) is 2.77. The number of aromatic amines is 1. The van der Waals surface area contributed by atoms with Crippen molar-refractivity contribution in [3.8, 4) is 0 Å². The molecular formula is C17H19N3O2. The molecule has 0 radical (unpaired) electrons. The van der Waals surface area contributed by atoms with Gasteiger partial charge in [-0.25, -0.2) is 0 Å². The number of hydrogen-bond donors (Lipinski definition) is 2. The summed E-state index contributed by atoms with van der Waals surface area (Å²) in [5, 5.41) is 5.01. The maximum atomic E-state index is 12.5. The molecule has 5 heteroatoms. The maximum Gasteiger partial charge on any atom is 0.256 e. The zero-order valence-corrected chi connectivity index (χ0v) is 12.4. The Labute approximate surface area is 128 Å². The second-order valence-electron chi connectivity index (χ2n) is 6.12. The molecule has 2 aromatic rings. The van der Waals surface area contributed by atoms with Crippen LogP contribution in [0.3, 0.4) is 0 Å². The Hall–Kier alpha value is -2.14. The molecular weight excluding hydrogens is 278 g/mol. The first kappa shape index (κ1) is 13.5. The number of rotatable bonds is 1. The lowest BCUT2D eigenvalue weighted by molar-refractivity contribution is -0.134. The summed E-state index contributed by atoms with van der Waals surface area (Å²) < 4.78 is 0. The first-order valence-corrected chi connectivity index (χ1v) is 7.89. The first-order chi connectivity index (χ1) is 10.7. The average molecular weight is 297 g/mol. The third-order valence-corrected chi connectivity index (χ3v) is 4.78. The zero-order chi connectivity index (χ0) is 15.1. The van der Waals surface area contributed by atoms with Crippen LogP contribution in [0.2, 0.25) is 0 Å². The standard InChI is InChI=1S/C17H19N3O2/c21-16-13-5-2-1-4-11(13)12-7-9-20(10-15(12)19-16)17(22)14-6-3-8-18-14/h1-2,4-5,14,18H,3,6-10H2,(H,19,21)/t14-/m1/s1. The fourth-order valence-electron chi connectivity index (χ4n) is 3.63. The summed E-state index contributed by atoms with van der Waals surface area (Å²) in [5.41, 5.74) is 2.00. The minimum absolute atomic E-state index is 0.0475. The van der Waals surface area contributed by atoms with Gasteiger partial charge in [0.05, 0.1) is 12.6 Å². The number of aromatic nitrogens is 1. The SMILES string of the molecule is O=C([C@H]1CCCN1)N1CCc2c([nH]c(=O)c3ccccc23)C1. The molecule has 0 saturated carbocycles. The van der Waals surface area contributed by atoms with Gasteiger partial charge in [-0.15, -0.1) is 0 Å². The fraction of sp³-hybridized carbons (Fsp3) is 0.412. The quantitative estimate of drug-likeness (QED) is 0.830. The molecule has 2 N–H and O–H groups in total. The lowest BCUT2D eigenvalue weighted by atomic mass is 9.97. The summed E-state index contributed by atoms with van der Waals surface area (Å²) in [5.74, 6) is 0.164. The number of benzene rings is 1. The number of nitrogens with zero attached hydrogens (tertiary/aromatic N) is 1. The van der Waals surface area contributed by atoms with Gasteiger partial charge in [-0.2, -0.15) is 0 Å². The molecule has 22 heavy (non-hydrogen) atoms. The Morgan fingerprint density at radius 2 is 2.05 bits per heavy atom. The molecule has 1 fully saturated rings. The van der Waals surface area contributed by atoms with Crippen molar-refractivity contribution in [3.05, 3.63) is 45.9 Å². The van der Waals surface area contributed by atoms with E-state index in [2.05, 4.69) is 10.3 Å². The summed E-state index contributed by atoms with van der Waals surface area (Å²) in [6.45, 7) is 2.15. The van der Waals surface area contributed by atoms with Gasteiger partial charge < -0.3 is 15.2 Å². The molecule has 5 nitrogen and oxygen atoms in total. The second kappa shape index (κ2) is 5.25. The van der Waals surface area contributed by atoms with Gasteiger partial charge in [0, 0.05) is 17.6 Å². The predicted molar refractivity (Wildman–Crippen MR) is 84.7 cm³/mol. The van der Waals surface area contributed by atoms with Gasteiger partial charge in [-0.1, -0.05) is 18.2 Å². The number of nitrogens with one attached hydrogen (secondary N) is 2. The smallest absolute Gasteiger partial charge is 0.256 e. The van der Waals surface area contributed by atoms with Gasteiger partial charge in [-0.05, 0) is 42.8 Å². The summed E-state index contributed by atoms with van der Waals surface area (Å²) in [6, 6.07) is 7.65. The molecule has 0 bridgehead atoms. The highest BCUT2D eigenvalue weighted by atomic mass is 16.2. The molecule has 1 atom stereocenters. The molecule has 4 rings (SSSR count). The van der Waals surface area contributed by atoms with Gasteiger partial charge in [0.15, 0.2) is 0 Å². The van der Waals surface area contributed by atoms with Gasteiger partial charge >= 0.3 is 0 Å². The van der Waals surface area contributed by atoms with E-state index in [-0.39, 0.29) is 17.5 Å².